The number of nitrogens with one attached hydrogen (secondary N) is 1. The van der Waals surface area contributed by atoms with Crippen LogP contribution in [0.1, 0.15) is 43.4 Å². The normalized spacial score (nSPS) is 26.9. The minimum absolute atomic E-state index is 0.0128. The summed E-state index contributed by atoms with van der Waals surface area (Å²) in [5.41, 5.74) is 2.15. The molecule has 0 spiro atoms. The lowest BCUT2D eigenvalue weighted by atomic mass is 9.80. The first-order valence-corrected chi connectivity index (χ1v) is 6.71. The van der Waals surface area contributed by atoms with Crippen molar-refractivity contribution in [3.8, 4) is 0 Å². The van der Waals surface area contributed by atoms with Gasteiger partial charge in [-0.3, -0.25) is 9.59 Å². The fourth-order valence-corrected chi connectivity index (χ4v) is 2.59. The van der Waals surface area contributed by atoms with E-state index in [2.05, 4.69) is 5.32 Å². The van der Waals surface area contributed by atoms with E-state index in [-0.39, 0.29) is 17.6 Å². The molecule has 3 nitrogen and oxygen atoms in total. The minimum atomic E-state index is -0.752. The third-order valence-corrected chi connectivity index (χ3v) is 4.32. The van der Waals surface area contributed by atoms with Gasteiger partial charge in [0.1, 0.15) is 5.92 Å². The summed E-state index contributed by atoms with van der Waals surface area (Å²) >= 11 is 0. The molecule has 1 N–H and O–H groups in total. The Kier molecular flexibility index (Phi) is 3.25. The predicted molar refractivity (Wildman–Crippen MR) is 75.0 cm³/mol. The zero-order valence-corrected chi connectivity index (χ0v) is 12.2. The van der Waals surface area contributed by atoms with E-state index in [9.17, 15) is 9.59 Å². The van der Waals surface area contributed by atoms with Crippen LogP contribution in [-0.4, -0.2) is 17.2 Å². The van der Waals surface area contributed by atoms with Gasteiger partial charge in [0.25, 0.3) is 0 Å². The van der Waals surface area contributed by atoms with Gasteiger partial charge in [-0.2, -0.15) is 0 Å². The van der Waals surface area contributed by atoms with Crippen LogP contribution in [0, 0.1) is 19.8 Å². The minimum Gasteiger partial charge on any atom is -0.343 e. The number of amides is 1. The lowest BCUT2D eigenvalue weighted by Crippen LogP contribution is -2.48. The van der Waals surface area contributed by atoms with Crippen LogP contribution in [0.3, 0.4) is 0 Å². The average molecular weight is 259 g/mol. The van der Waals surface area contributed by atoms with Crippen molar-refractivity contribution >= 4 is 11.7 Å². The van der Waals surface area contributed by atoms with Gasteiger partial charge in [-0.05, 0) is 37.8 Å². The number of carbonyl (C=O) groups excluding carboxylic acids is 2. The molecule has 0 aromatic heterocycles. The molecule has 1 fully saturated rings. The summed E-state index contributed by atoms with van der Waals surface area (Å²) in [4.78, 5) is 24.9. The number of hydrogen-bond donors (Lipinski definition) is 1. The summed E-state index contributed by atoms with van der Waals surface area (Å²) < 4.78 is 0. The van der Waals surface area contributed by atoms with Crippen molar-refractivity contribution < 1.29 is 9.59 Å². The fourth-order valence-electron chi connectivity index (χ4n) is 2.59. The molecule has 1 aromatic carbocycles. The zero-order chi connectivity index (χ0) is 14.4. The first kappa shape index (κ1) is 13.8. The molecule has 2 unspecified atom stereocenters. The molecule has 0 aliphatic carbocycles. The van der Waals surface area contributed by atoms with Crippen molar-refractivity contribution in [1.82, 2.24) is 5.32 Å². The van der Waals surface area contributed by atoms with Gasteiger partial charge in [0.05, 0.1) is 5.54 Å². The van der Waals surface area contributed by atoms with E-state index in [0.717, 1.165) is 16.7 Å². The number of carbonyl (C=O) groups is 2. The van der Waals surface area contributed by atoms with E-state index in [1.807, 2.05) is 52.8 Å². The Labute approximate surface area is 114 Å². The van der Waals surface area contributed by atoms with Gasteiger partial charge in [0.15, 0.2) is 5.78 Å². The smallest absolute Gasteiger partial charge is 0.235 e. The van der Waals surface area contributed by atoms with E-state index in [0.29, 0.717) is 0 Å². The van der Waals surface area contributed by atoms with Crippen molar-refractivity contribution in [2.45, 2.75) is 46.1 Å². The molecule has 1 saturated heterocycles. The molecule has 0 saturated carbocycles. The summed E-state index contributed by atoms with van der Waals surface area (Å²) in [6.45, 7) is 9.67. The summed E-state index contributed by atoms with van der Waals surface area (Å²) in [5, 5.41) is 2.89. The largest absolute Gasteiger partial charge is 0.343 e. The Morgan fingerprint density at radius 1 is 1.21 bits per heavy atom. The molecule has 2 rings (SSSR count). The molecule has 1 amide bonds. The maximum atomic E-state index is 12.7. The fraction of sp³-hybridized carbons (Fsp3) is 0.500. The number of hydrogen-bond acceptors (Lipinski definition) is 2. The van der Waals surface area contributed by atoms with E-state index >= 15 is 0 Å². The molecule has 1 aliphatic rings. The first-order valence-electron chi connectivity index (χ1n) is 6.71. The Morgan fingerprint density at radius 2 is 1.84 bits per heavy atom. The van der Waals surface area contributed by atoms with Crippen molar-refractivity contribution in [2.75, 3.05) is 0 Å². The van der Waals surface area contributed by atoms with Gasteiger partial charge in [-0.25, -0.2) is 0 Å². The molecule has 1 heterocycles. The molecule has 0 bridgehead atoms. The molecular formula is C16H21NO2. The number of rotatable bonds is 2. The predicted octanol–water partition coefficient (Wildman–Crippen LogP) is 2.50. The van der Waals surface area contributed by atoms with Crippen molar-refractivity contribution in [3.63, 3.8) is 0 Å². The molecule has 102 valence electrons. The Morgan fingerprint density at radius 3 is 2.37 bits per heavy atom. The molecule has 2 atom stereocenters. The van der Waals surface area contributed by atoms with E-state index < -0.39 is 11.5 Å². The van der Waals surface area contributed by atoms with E-state index in [4.69, 9.17) is 0 Å². The second-order valence-corrected chi connectivity index (χ2v) is 6.00. The molecule has 1 aliphatic heterocycles. The summed E-state index contributed by atoms with van der Waals surface area (Å²) in [7, 11) is 0. The van der Waals surface area contributed by atoms with Crippen LogP contribution < -0.4 is 5.32 Å². The summed E-state index contributed by atoms with van der Waals surface area (Å²) in [6, 6.07) is 5.91. The maximum Gasteiger partial charge on any atom is 0.235 e. The van der Waals surface area contributed by atoms with Crippen molar-refractivity contribution in [3.05, 3.63) is 34.9 Å². The van der Waals surface area contributed by atoms with Gasteiger partial charge in [-0.1, -0.05) is 37.6 Å². The van der Waals surface area contributed by atoms with Crippen LogP contribution in [0.5, 0.6) is 0 Å². The van der Waals surface area contributed by atoms with Gasteiger partial charge >= 0.3 is 0 Å². The van der Waals surface area contributed by atoms with Crippen LogP contribution >= 0.6 is 0 Å². The monoisotopic (exact) mass is 259 g/mol. The number of ketones is 1. The second kappa shape index (κ2) is 4.48. The Bertz CT molecular complexity index is 548. The quantitative estimate of drug-likeness (QED) is 0.829. The summed E-state index contributed by atoms with van der Waals surface area (Å²) in [5.74, 6) is -0.762. The molecular weight excluding hydrogens is 238 g/mol. The van der Waals surface area contributed by atoms with Crippen LogP contribution in [0.25, 0.3) is 0 Å². The van der Waals surface area contributed by atoms with Crippen LogP contribution in [0.2, 0.25) is 0 Å². The van der Waals surface area contributed by atoms with Crippen LogP contribution in [0.15, 0.2) is 18.2 Å². The number of aryl methyl sites for hydroxylation is 2. The van der Waals surface area contributed by atoms with Crippen molar-refractivity contribution in [1.29, 1.82) is 0 Å². The zero-order valence-electron chi connectivity index (χ0n) is 12.2. The van der Waals surface area contributed by atoms with Crippen LogP contribution in [0.4, 0.5) is 0 Å². The van der Waals surface area contributed by atoms with E-state index in [1.54, 1.807) is 0 Å². The molecule has 1 aromatic rings. The topological polar surface area (TPSA) is 46.2 Å². The lowest BCUT2D eigenvalue weighted by molar-refractivity contribution is -0.125. The van der Waals surface area contributed by atoms with Gasteiger partial charge in [0, 0.05) is 0 Å². The highest BCUT2D eigenvalue weighted by Gasteiger charge is 2.51. The van der Waals surface area contributed by atoms with E-state index in [1.165, 1.54) is 0 Å². The highest BCUT2D eigenvalue weighted by atomic mass is 16.2. The van der Waals surface area contributed by atoms with Gasteiger partial charge < -0.3 is 5.32 Å². The second-order valence-electron chi connectivity index (χ2n) is 6.00. The molecule has 19 heavy (non-hydrogen) atoms. The standard InChI is InChI=1S/C16H21NO2/c1-9(2)16(5)14(18)13(15(19)17-16)12-8-10(3)6-7-11(12)4/h6-9,13H,1-5H3,(H,17,19). The number of Topliss-reactive ketones (excluding diaryl/α,β-unsaturated/α-hetero) is 1. The Balaban J connectivity index is 2.49. The first-order chi connectivity index (χ1) is 8.77. The SMILES string of the molecule is Cc1ccc(C)c(C2C(=O)NC(C)(C(C)C)C2=O)c1. The molecule has 0 radical (unpaired) electrons. The maximum absolute atomic E-state index is 12.7. The van der Waals surface area contributed by atoms with Crippen molar-refractivity contribution in [2.24, 2.45) is 5.92 Å². The third kappa shape index (κ3) is 2.07. The van der Waals surface area contributed by atoms with Gasteiger partial charge in [-0.15, -0.1) is 0 Å². The highest BCUT2D eigenvalue weighted by Crippen LogP contribution is 2.35. The summed E-state index contributed by atoms with van der Waals surface area (Å²) in [6.07, 6.45) is 0. The Hall–Kier alpha value is -1.64. The number of benzene rings is 1. The average Bonchev–Trinajstić information content (AvgIpc) is 2.55. The lowest BCUT2D eigenvalue weighted by Gasteiger charge is -2.27. The highest BCUT2D eigenvalue weighted by molar-refractivity contribution is 6.17. The van der Waals surface area contributed by atoms with Gasteiger partial charge in [0.2, 0.25) is 5.91 Å². The molecule has 3 heteroatoms. The van der Waals surface area contributed by atoms with Crippen LogP contribution in [-0.2, 0) is 9.59 Å². The third-order valence-electron chi connectivity index (χ3n) is 4.32.